The number of sulfonamides is 1. The Balaban J connectivity index is 1.51. The van der Waals surface area contributed by atoms with Crippen molar-refractivity contribution in [1.82, 2.24) is 9.21 Å². The summed E-state index contributed by atoms with van der Waals surface area (Å²) in [7, 11) is -3.69. The van der Waals surface area contributed by atoms with Gasteiger partial charge in [0.1, 0.15) is 0 Å². The molecule has 31 heavy (non-hydrogen) atoms. The molecule has 4 rings (SSSR count). The van der Waals surface area contributed by atoms with Crippen molar-refractivity contribution in [3.8, 4) is 0 Å². The van der Waals surface area contributed by atoms with Gasteiger partial charge in [0.05, 0.1) is 10.8 Å². The minimum Gasteiger partial charge on any atom is -0.342 e. The standard InChI is InChI=1S/C23H33N3O4S/c1-16-8-11-24(12-9-16)23(28)19-5-4-10-25(15-19)31(29,30)21-6-7-22-20(14-21)13-17(2)26(22)18(3)27/h6-7,14,16-17,19H,4-5,8-13,15H2,1-3H3/t17-,19-/m0/s1. The SMILES string of the molecule is CC(=O)N1c2ccc(S(=O)(=O)N3CCC[C@H](C(=O)N4CCC(C)CC4)C3)cc2C[C@@H]1C. The Hall–Kier alpha value is -1.93. The van der Waals surface area contributed by atoms with Gasteiger partial charge in [-0.3, -0.25) is 9.59 Å². The summed E-state index contributed by atoms with van der Waals surface area (Å²) in [6.45, 7) is 7.96. The zero-order valence-corrected chi connectivity index (χ0v) is 19.5. The van der Waals surface area contributed by atoms with Gasteiger partial charge in [-0.2, -0.15) is 4.31 Å². The molecule has 0 aromatic heterocycles. The van der Waals surface area contributed by atoms with E-state index in [0.717, 1.165) is 43.6 Å². The van der Waals surface area contributed by atoms with Crippen molar-refractivity contribution in [2.24, 2.45) is 11.8 Å². The highest BCUT2D eigenvalue weighted by molar-refractivity contribution is 7.89. The third-order valence-corrected chi connectivity index (χ3v) is 8.93. The molecule has 3 heterocycles. The van der Waals surface area contributed by atoms with E-state index < -0.39 is 10.0 Å². The van der Waals surface area contributed by atoms with Crippen LogP contribution in [0.4, 0.5) is 5.69 Å². The van der Waals surface area contributed by atoms with Gasteiger partial charge in [-0.15, -0.1) is 0 Å². The lowest BCUT2D eigenvalue weighted by atomic mass is 9.94. The van der Waals surface area contributed by atoms with E-state index in [1.54, 1.807) is 23.1 Å². The number of fused-ring (bicyclic) bond motifs is 1. The predicted molar refractivity (Wildman–Crippen MR) is 119 cm³/mol. The fraction of sp³-hybridized carbons (Fsp3) is 0.652. The van der Waals surface area contributed by atoms with E-state index in [2.05, 4.69) is 6.92 Å². The summed E-state index contributed by atoms with van der Waals surface area (Å²) in [6, 6.07) is 5.07. The van der Waals surface area contributed by atoms with Crippen LogP contribution in [0.2, 0.25) is 0 Å². The van der Waals surface area contributed by atoms with E-state index >= 15 is 0 Å². The number of nitrogens with zero attached hydrogens (tertiary/aromatic N) is 3. The monoisotopic (exact) mass is 447 g/mol. The molecule has 0 unspecified atom stereocenters. The van der Waals surface area contributed by atoms with Crippen molar-refractivity contribution in [2.45, 2.75) is 63.8 Å². The third-order valence-electron chi connectivity index (χ3n) is 7.07. The summed E-state index contributed by atoms with van der Waals surface area (Å²) >= 11 is 0. The Bertz CT molecular complexity index is 969. The summed E-state index contributed by atoms with van der Waals surface area (Å²) in [5, 5.41) is 0. The molecule has 0 spiro atoms. The molecule has 0 saturated carbocycles. The van der Waals surface area contributed by atoms with Crippen molar-refractivity contribution in [3.63, 3.8) is 0 Å². The topological polar surface area (TPSA) is 78.0 Å². The lowest BCUT2D eigenvalue weighted by Gasteiger charge is -2.37. The van der Waals surface area contributed by atoms with Gasteiger partial charge in [0.15, 0.2) is 0 Å². The maximum atomic E-state index is 13.4. The number of benzene rings is 1. The van der Waals surface area contributed by atoms with E-state index in [9.17, 15) is 18.0 Å². The van der Waals surface area contributed by atoms with E-state index in [1.165, 1.54) is 11.2 Å². The second-order valence-corrected chi connectivity index (χ2v) is 11.4. The molecule has 3 aliphatic rings. The van der Waals surface area contributed by atoms with Crippen LogP contribution in [0.25, 0.3) is 0 Å². The zero-order valence-electron chi connectivity index (χ0n) is 18.7. The van der Waals surface area contributed by atoms with Crippen molar-refractivity contribution >= 4 is 27.5 Å². The van der Waals surface area contributed by atoms with Crippen molar-refractivity contribution in [3.05, 3.63) is 23.8 Å². The first-order valence-electron chi connectivity index (χ1n) is 11.4. The van der Waals surface area contributed by atoms with Crippen molar-refractivity contribution in [2.75, 3.05) is 31.1 Å². The first kappa shape index (κ1) is 22.3. The molecule has 8 heteroatoms. The zero-order chi connectivity index (χ0) is 22.3. The van der Waals surface area contributed by atoms with E-state index in [0.29, 0.717) is 25.3 Å². The number of piperidine rings is 2. The van der Waals surface area contributed by atoms with Crippen LogP contribution in [0.15, 0.2) is 23.1 Å². The van der Waals surface area contributed by atoms with Crippen molar-refractivity contribution in [1.29, 1.82) is 0 Å². The molecule has 0 N–H and O–H groups in total. The number of carbonyl (C=O) groups excluding carboxylic acids is 2. The highest BCUT2D eigenvalue weighted by Crippen LogP contribution is 2.35. The fourth-order valence-electron chi connectivity index (χ4n) is 5.25. The average Bonchev–Trinajstić information content (AvgIpc) is 3.09. The highest BCUT2D eigenvalue weighted by atomic mass is 32.2. The Morgan fingerprint density at radius 2 is 1.74 bits per heavy atom. The molecule has 2 atom stereocenters. The van der Waals surface area contributed by atoms with Gasteiger partial charge in [-0.25, -0.2) is 8.42 Å². The predicted octanol–water partition coefficient (Wildman–Crippen LogP) is 2.64. The van der Waals surface area contributed by atoms with Gasteiger partial charge in [0.2, 0.25) is 21.8 Å². The highest BCUT2D eigenvalue weighted by Gasteiger charge is 2.37. The van der Waals surface area contributed by atoms with Crippen LogP contribution in [-0.2, 0) is 26.0 Å². The fourth-order valence-corrected chi connectivity index (χ4v) is 6.82. The molecule has 3 aliphatic heterocycles. The van der Waals surface area contributed by atoms with Crippen molar-refractivity contribution < 1.29 is 18.0 Å². The lowest BCUT2D eigenvalue weighted by molar-refractivity contribution is -0.138. The van der Waals surface area contributed by atoms with Crippen LogP contribution in [-0.4, -0.2) is 61.7 Å². The molecule has 0 bridgehead atoms. The molecule has 7 nitrogen and oxygen atoms in total. The van der Waals surface area contributed by atoms with Gasteiger partial charge in [0.25, 0.3) is 0 Å². The Morgan fingerprint density at radius 1 is 1.03 bits per heavy atom. The van der Waals surface area contributed by atoms with Gasteiger partial charge in [-0.05, 0) is 68.7 Å². The molecular formula is C23H33N3O4S. The van der Waals surface area contributed by atoms with Crippen LogP contribution in [0, 0.1) is 11.8 Å². The maximum absolute atomic E-state index is 13.4. The summed E-state index contributed by atoms with van der Waals surface area (Å²) in [5.74, 6) is 0.450. The largest absolute Gasteiger partial charge is 0.342 e. The Labute approximate surface area is 185 Å². The minimum atomic E-state index is -3.69. The van der Waals surface area contributed by atoms with Crippen LogP contribution in [0.3, 0.4) is 0 Å². The van der Waals surface area contributed by atoms with E-state index in [1.807, 2.05) is 11.8 Å². The summed E-state index contributed by atoms with van der Waals surface area (Å²) in [6.07, 6.45) is 4.12. The molecule has 0 radical (unpaired) electrons. The normalized spacial score (nSPS) is 25.5. The number of anilines is 1. The first-order chi connectivity index (χ1) is 14.7. The molecule has 2 saturated heterocycles. The van der Waals surface area contributed by atoms with Crippen LogP contribution >= 0.6 is 0 Å². The quantitative estimate of drug-likeness (QED) is 0.714. The van der Waals surface area contributed by atoms with Gasteiger partial charge < -0.3 is 9.80 Å². The van der Waals surface area contributed by atoms with E-state index in [-0.39, 0.29) is 35.2 Å². The Kier molecular flexibility index (Phi) is 6.14. The molecule has 170 valence electrons. The lowest BCUT2D eigenvalue weighted by Crippen LogP contribution is -2.48. The molecule has 1 aromatic rings. The van der Waals surface area contributed by atoms with Crippen LogP contribution < -0.4 is 4.90 Å². The second-order valence-electron chi connectivity index (χ2n) is 9.44. The Morgan fingerprint density at radius 3 is 2.42 bits per heavy atom. The molecule has 2 fully saturated rings. The molecule has 1 aromatic carbocycles. The smallest absolute Gasteiger partial charge is 0.243 e. The molecular weight excluding hydrogens is 414 g/mol. The van der Waals surface area contributed by atoms with Gasteiger partial charge in [-0.1, -0.05) is 6.92 Å². The third kappa shape index (κ3) is 4.24. The average molecular weight is 448 g/mol. The number of carbonyl (C=O) groups is 2. The number of hydrogen-bond acceptors (Lipinski definition) is 4. The van der Waals surface area contributed by atoms with Crippen LogP contribution in [0.5, 0.6) is 0 Å². The number of hydrogen-bond donors (Lipinski definition) is 0. The van der Waals surface area contributed by atoms with Crippen LogP contribution in [0.1, 0.15) is 52.0 Å². The minimum absolute atomic E-state index is 0.0229. The van der Waals surface area contributed by atoms with E-state index in [4.69, 9.17) is 0 Å². The summed E-state index contributed by atoms with van der Waals surface area (Å²) < 4.78 is 28.3. The molecule has 0 aliphatic carbocycles. The number of rotatable bonds is 3. The maximum Gasteiger partial charge on any atom is 0.243 e. The second kappa shape index (κ2) is 8.54. The first-order valence-corrected chi connectivity index (χ1v) is 12.8. The molecule has 2 amide bonds. The van der Waals surface area contributed by atoms with Gasteiger partial charge in [0, 0.05) is 44.8 Å². The number of likely N-dealkylation sites (tertiary alicyclic amines) is 1. The summed E-state index contributed by atoms with van der Waals surface area (Å²) in [5.41, 5.74) is 1.68. The summed E-state index contributed by atoms with van der Waals surface area (Å²) in [4.78, 5) is 28.9. The van der Waals surface area contributed by atoms with Gasteiger partial charge >= 0.3 is 0 Å². The number of amides is 2.